The zero-order valence-corrected chi connectivity index (χ0v) is 16.0. The van der Waals surface area contributed by atoms with Gasteiger partial charge in [0.25, 0.3) is 0 Å². The molecule has 2 atom stereocenters. The Labute approximate surface area is 159 Å². The molecule has 6 nitrogen and oxygen atoms in total. The number of likely N-dealkylation sites (tertiary alicyclic amines) is 1. The Kier molecular flexibility index (Phi) is 5.82. The predicted octanol–water partition coefficient (Wildman–Crippen LogP) is 2.96. The molecule has 2 N–H and O–H groups in total. The number of nitrogens with one attached hydrogen (secondary N) is 1. The average Bonchev–Trinajstić information content (AvgIpc) is 2.63. The van der Waals surface area contributed by atoms with Crippen molar-refractivity contribution in [3.8, 4) is 11.1 Å². The van der Waals surface area contributed by atoms with E-state index in [4.69, 9.17) is 0 Å². The fourth-order valence-corrected chi connectivity index (χ4v) is 4.53. The van der Waals surface area contributed by atoms with Crippen LogP contribution in [0, 0.1) is 0 Å². The van der Waals surface area contributed by atoms with E-state index in [2.05, 4.69) is 4.72 Å². The highest BCUT2D eigenvalue weighted by Crippen LogP contribution is 2.25. The van der Waals surface area contributed by atoms with Crippen molar-refractivity contribution >= 4 is 16.1 Å². The standard InChI is InChI=1S/C20H24N2O4S/c1-27(25,26)21-18-11-6-12-22(20(23)24)19(18)14-15-7-5-10-17(13-15)16-8-3-2-4-9-16/h2-5,7-10,13,18-19,21H,6,11-12,14H2,1H3,(H,23,24). The molecular formula is C20H24N2O4S. The maximum absolute atomic E-state index is 11.7. The van der Waals surface area contributed by atoms with Crippen molar-refractivity contribution in [1.29, 1.82) is 0 Å². The van der Waals surface area contributed by atoms with Crippen LogP contribution in [0.1, 0.15) is 18.4 Å². The number of hydrogen-bond acceptors (Lipinski definition) is 3. The maximum Gasteiger partial charge on any atom is 0.407 e. The number of hydrogen-bond donors (Lipinski definition) is 2. The molecule has 3 rings (SSSR count). The maximum atomic E-state index is 11.7. The number of amides is 1. The Hall–Kier alpha value is -2.38. The van der Waals surface area contributed by atoms with Crippen LogP contribution in [-0.4, -0.2) is 49.4 Å². The van der Waals surface area contributed by atoms with E-state index >= 15 is 0 Å². The normalized spacial score (nSPS) is 20.4. The van der Waals surface area contributed by atoms with E-state index in [1.54, 1.807) is 0 Å². The molecule has 0 bridgehead atoms. The summed E-state index contributed by atoms with van der Waals surface area (Å²) in [6, 6.07) is 17.1. The van der Waals surface area contributed by atoms with Crippen LogP contribution in [0.15, 0.2) is 54.6 Å². The quantitative estimate of drug-likeness (QED) is 0.824. The Morgan fingerprint density at radius 1 is 1.15 bits per heavy atom. The van der Waals surface area contributed by atoms with Gasteiger partial charge in [-0.2, -0.15) is 0 Å². The summed E-state index contributed by atoms with van der Waals surface area (Å²) in [6.07, 6.45) is 1.82. The summed E-state index contributed by atoms with van der Waals surface area (Å²) in [6.45, 7) is 0.417. The number of rotatable bonds is 5. The summed E-state index contributed by atoms with van der Waals surface area (Å²) in [5.74, 6) is 0. The minimum Gasteiger partial charge on any atom is -0.465 e. The van der Waals surface area contributed by atoms with E-state index in [1.165, 1.54) is 4.90 Å². The first-order chi connectivity index (χ1) is 12.8. The summed E-state index contributed by atoms with van der Waals surface area (Å²) in [7, 11) is -3.42. The molecule has 144 valence electrons. The Morgan fingerprint density at radius 3 is 2.52 bits per heavy atom. The number of sulfonamides is 1. The van der Waals surface area contributed by atoms with Crippen LogP contribution in [-0.2, 0) is 16.4 Å². The summed E-state index contributed by atoms with van der Waals surface area (Å²) in [4.78, 5) is 13.1. The molecule has 27 heavy (non-hydrogen) atoms. The monoisotopic (exact) mass is 388 g/mol. The third-order valence-corrected chi connectivity index (χ3v) is 5.60. The number of benzene rings is 2. The smallest absolute Gasteiger partial charge is 0.407 e. The lowest BCUT2D eigenvalue weighted by Crippen LogP contribution is -2.57. The Morgan fingerprint density at radius 2 is 1.85 bits per heavy atom. The lowest BCUT2D eigenvalue weighted by atomic mass is 9.91. The molecule has 1 aliphatic heterocycles. The molecule has 0 spiro atoms. The van der Waals surface area contributed by atoms with Crippen LogP contribution in [0.2, 0.25) is 0 Å². The van der Waals surface area contributed by atoms with Gasteiger partial charge in [0.2, 0.25) is 10.0 Å². The highest BCUT2D eigenvalue weighted by Gasteiger charge is 2.35. The van der Waals surface area contributed by atoms with Gasteiger partial charge in [-0.25, -0.2) is 17.9 Å². The van der Waals surface area contributed by atoms with Gasteiger partial charge in [0, 0.05) is 12.6 Å². The zero-order valence-electron chi connectivity index (χ0n) is 15.2. The lowest BCUT2D eigenvalue weighted by molar-refractivity contribution is 0.0942. The molecule has 2 unspecified atom stereocenters. The first kappa shape index (κ1) is 19.4. The minimum absolute atomic E-state index is 0.417. The Balaban J connectivity index is 1.88. The molecular weight excluding hydrogens is 364 g/mol. The average molecular weight is 388 g/mol. The lowest BCUT2D eigenvalue weighted by Gasteiger charge is -2.40. The fourth-order valence-electron chi connectivity index (χ4n) is 3.71. The number of nitrogens with zero attached hydrogens (tertiary/aromatic N) is 1. The van der Waals surface area contributed by atoms with Crippen LogP contribution in [0.4, 0.5) is 4.79 Å². The number of piperidine rings is 1. The molecule has 2 aromatic carbocycles. The van der Waals surface area contributed by atoms with Gasteiger partial charge in [-0.05, 0) is 36.0 Å². The molecule has 0 aliphatic carbocycles. The van der Waals surface area contributed by atoms with Crippen molar-refractivity contribution in [2.24, 2.45) is 0 Å². The largest absolute Gasteiger partial charge is 0.465 e. The summed E-state index contributed by atoms with van der Waals surface area (Å²) >= 11 is 0. The van der Waals surface area contributed by atoms with Crippen molar-refractivity contribution in [3.63, 3.8) is 0 Å². The van der Waals surface area contributed by atoms with E-state index in [0.717, 1.165) is 22.9 Å². The van der Waals surface area contributed by atoms with Crippen LogP contribution >= 0.6 is 0 Å². The predicted molar refractivity (Wildman–Crippen MR) is 105 cm³/mol. The van der Waals surface area contributed by atoms with Gasteiger partial charge >= 0.3 is 6.09 Å². The first-order valence-electron chi connectivity index (χ1n) is 8.95. The zero-order chi connectivity index (χ0) is 19.4. The van der Waals surface area contributed by atoms with E-state index in [-0.39, 0.29) is 0 Å². The third-order valence-electron chi connectivity index (χ3n) is 4.87. The topological polar surface area (TPSA) is 86.7 Å². The second-order valence-corrected chi connectivity index (χ2v) is 8.73. The molecule has 1 fully saturated rings. The summed E-state index contributed by atoms with van der Waals surface area (Å²) < 4.78 is 26.1. The van der Waals surface area contributed by atoms with Gasteiger partial charge in [-0.1, -0.05) is 54.6 Å². The number of carboxylic acid groups (broad SMARTS) is 1. The minimum atomic E-state index is -3.42. The molecule has 2 aromatic rings. The van der Waals surface area contributed by atoms with E-state index in [0.29, 0.717) is 25.8 Å². The molecule has 0 aromatic heterocycles. The summed E-state index contributed by atoms with van der Waals surface area (Å²) in [5, 5.41) is 9.58. The van der Waals surface area contributed by atoms with Crippen LogP contribution < -0.4 is 4.72 Å². The van der Waals surface area contributed by atoms with Crippen molar-refractivity contribution in [3.05, 3.63) is 60.2 Å². The van der Waals surface area contributed by atoms with Crippen LogP contribution in [0.25, 0.3) is 11.1 Å². The molecule has 0 saturated carbocycles. The first-order valence-corrected chi connectivity index (χ1v) is 10.8. The molecule has 1 saturated heterocycles. The molecule has 1 heterocycles. The summed E-state index contributed by atoms with van der Waals surface area (Å²) in [5.41, 5.74) is 3.12. The SMILES string of the molecule is CS(=O)(=O)NC1CCCN(C(=O)O)C1Cc1cccc(-c2ccccc2)c1. The number of carbonyl (C=O) groups is 1. The molecule has 0 radical (unpaired) electrons. The van der Waals surface area contributed by atoms with Gasteiger partial charge in [0.05, 0.1) is 12.3 Å². The second-order valence-electron chi connectivity index (χ2n) is 6.95. The fraction of sp³-hybridized carbons (Fsp3) is 0.350. The molecule has 1 aliphatic rings. The molecule has 1 amide bonds. The Bertz CT molecular complexity index is 899. The van der Waals surface area contributed by atoms with Crippen molar-refractivity contribution in [2.45, 2.75) is 31.3 Å². The van der Waals surface area contributed by atoms with Crippen LogP contribution in [0.3, 0.4) is 0 Å². The van der Waals surface area contributed by atoms with Crippen molar-refractivity contribution in [2.75, 3.05) is 12.8 Å². The third kappa shape index (κ3) is 5.08. The van der Waals surface area contributed by atoms with Crippen molar-refractivity contribution < 1.29 is 18.3 Å². The van der Waals surface area contributed by atoms with Gasteiger partial charge < -0.3 is 10.0 Å². The highest BCUT2D eigenvalue weighted by atomic mass is 32.2. The van der Waals surface area contributed by atoms with Gasteiger partial charge in [0.15, 0.2) is 0 Å². The van der Waals surface area contributed by atoms with E-state index in [1.807, 2.05) is 54.6 Å². The molecule has 7 heteroatoms. The second kappa shape index (κ2) is 8.10. The van der Waals surface area contributed by atoms with E-state index < -0.39 is 28.2 Å². The highest BCUT2D eigenvalue weighted by molar-refractivity contribution is 7.88. The van der Waals surface area contributed by atoms with Gasteiger partial charge in [-0.15, -0.1) is 0 Å². The van der Waals surface area contributed by atoms with Gasteiger partial charge in [0.1, 0.15) is 0 Å². The van der Waals surface area contributed by atoms with Crippen molar-refractivity contribution in [1.82, 2.24) is 9.62 Å². The van der Waals surface area contributed by atoms with E-state index in [9.17, 15) is 18.3 Å². The van der Waals surface area contributed by atoms with Crippen LogP contribution in [0.5, 0.6) is 0 Å². The van der Waals surface area contributed by atoms with Gasteiger partial charge in [-0.3, -0.25) is 0 Å².